The summed E-state index contributed by atoms with van der Waals surface area (Å²) in [5, 5.41) is 9.30. The summed E-state index contributed by atoms with van der Waals surface area (Å²) in [6, 6.07) is 6.11. The average Bonchev–Trinajstić information content (AvgIpc) is 2.29. The SMILES string of the molecule is COc1cc(C)c(C2(C#N)COC2)cc1OC. The molecular formula is C13H15NO3. The van der Waals surface area contributed by atoms with Gasteiger partial charge in [-0.2, -0.15) is 5.26 Å². The summed E-state index contributed by atoms with van der Waals surface area (Å²) in [5.41, 5.74) is 1.46. The quantitative estimate of drug-likeness (QED) is 0.798. The lowest BCUT2D eigenvalue weighted by molar-refractivity contribution is -0.0301. The Hall–Kier alpha value is -1.73. The van der Waals surface area contributed by atoms with Crippen molar-refractivity contribution in [3.63, 3.8) is 0 Å². The zero-order valence-corrected chi connectivity index (χ0v) is 10.2. The fraction of sp³-hybridized carbons (Fsp3) is 0.462. The van der Waals surface area contributed by atoms with Crippen LogP contribution in [0.25, 0.3) is 0 Å². The normalized spacial score (nSPS) is 16.8. The summed E-state index contributed by atoms with van der Waals surface area (Å²) in [5.74, 6) is 1.33. The highest BCUT2D eigenvalue weighted by Gasteiger charge is 2.42. The molecule has 17 heavy (non-hydrogen) atoms. The van der Waals surface area contributed by atoms with Crippen LogP contribution in [0.4, 0.5) is 0 Å². The van der Waals surface area contributed by atoms with Gasteiger partial charge in [0.2, 0.25) is 0 Å². The number of rotatable bonds is 3. The molecule has 1 saturated heterocycles. The lowest BCUT2D eigenvalue weighted by Crippen LogP contribution is -2.45. The molecule has 0 amide bonds. The highest BCUT2D eigenvalue weighted by atomic mass is 16.5. The molecule has 0 N–H and O–H groups in total. The summed E-state index contributed by atoms with van der Waals surface area (Å²) in [4.78, 5) is 0. The molecule has 1 aliphatic rings. The van der Waals surface area contributed by atoms with Gasteiger partial charge in [-0.3, -0.25) is 0 Å². The van der Waals surface area contributed by atoms with Crippen LogP contribution in [0.5, 0.6) is 11.5 Å². The minimum absolute atomic E-state index is 0.444. The predicted molar refractivity (Wildman–Crippen MR) is 62.4 cm³/mol. The summed E-state index contributed by atoms with van der Waals surface area (Å²) in [6.45, 7) is 2.86. The molecule has 90 valence electrons. The van der Waals surface area contributed by atoms with Crippen LogP contribution in [0, 0.1) is 18.3 Å². The first-order chi connectivity index (χ1) is 8.16. The Bertz CT molecular complexity index is 472. The zero-order valence-electron chi connectivity index (χ0n) is 10.2. The molecule has 1 aliphatic heterocycles. The fourth-order valence-corrected chi connectivity index (χ4v) is 2.08. The number of nitrogens with zero attached hydrogens (tertiary/aromatic N) is 1. The molecule has 4 heteroatoms. The van der Waals surface area contributed by atoms with Gasteiger partial charge in [-0.05, 0) is 30.2 Å². The van der Waals surface area contributed by atoms with Gasteiger partial charge in [0.25, 0.3) is 0 Å². The maximum atomic E-state index is 9.30. The van der Waals surface area contributed by atoms with Crippen molar-refractivity contribution in [3.8, 4) is 17.6 Å². The van der Waals surface area contributed by atoms with E-state index in [-0.39, 0.29) is 0 Å². The van der Waals surface area contributed by atoms with Crippen LogP contribution in [0.2, 0.25) is 0 Å². The maximum absolute atomic E-state index is 9.30. The fourth-order valence-electron chi connectivity index (χ4n) is 2.08. The van der Waals surface area contributed by atoms with Crippen LogP contribution < -0.4 is 9.47 Å². The molecule has 0 aliphatic carbocycles. The van der Waals surface area contributed by atoms with Gasteiger partial charge in [0, 0.05) is 0 Å². The standard InChI is InChI=1S/C13H15NO3/c1-9-4-11(15-2)12(16-3)5-10(9)13(6-14)7-17-8-13/h4-5H,7-8H2,1-3H3. The van der Waals surface area contributed by atoms with Crippen LogP contribution in [0.15, 0.2) is 12.1 Å². The molecule has 4 nitrogen and oxygen atoms in total. The first-order valence-corrected chi connectivity index (χ1v) is 5.39. The third-order valence-corrected chi connectivity index (χ3v) is 3.16. The van der Waals surface area contributed by atoms with Crippen molar-refractivity contribution in [2.45, 2.75) is 12.3 Å². The van der Waals surface area contributed by atoms with Crippen molar-refractivity contribution in [1.82, 2.24) is 0 Å². The Kier molecular flexibility index (Phi) is 2.95. The number of benzene rings is 1. The molecule has 1 aromatic rings. The van der Waals surface area contributed by atoms with Gasteiger partial charge in [0.1, 0.15) is 5.41 Å². The van der Waals surface area contributed by atoms with Gasteiger partial charge >= 0.3 is 0 Å². The van der Waals surface area contributed by atoms with Crippen molar-refractivity contribution in [3.05, 3.63) is 23.3 Å². The van der Waals surface area contributed by atoms with Crippen molar-refractivity contribution >= 4 is 0 Å². The third-order valence-electron chi connectivity index (χ3n) is 3.16. The maximum Gasteiger partial charge on any atom is 0.161 e. The zero-order chi connectivity index (χ0) is 12.5. The smallest absolute Gasteiger partial charge is 0.161 e. The summed E-state index contributed by atoms with van der Waals surface area (Å²) < 4.78 is 15.7. The topological polar surface area (TPSA) is 51.5 Å². The summed E-state index contributed by atoms with van der Waals surface area (Å²) in [7, 11) is 3.19. The van der Waals surface area contributed by atoms with Crippen molar-refractivity contribution in [2.75, 3.05) is 27.4 Å². The molecule has 0 radical (unpaired) electrons. The van der Waals surface area contributed by atoms with E-state index < -0.39 is 5.41 Å². The minimum Gasteiger partial charge on any atom is -0.493 e. The van der Waals surface area contributed by atoms with Crippen LogP contribution in [-0.4, -0.2) is 27.4 Å². The number of nitriles is 1. The average molecular weight is 233 g/mol. The first kappa shape index (κ1) is 11.7. The lowest BCUT2D eigenvalue weighted by Gasteiger charge is -2.36. The Balaban J connectivity index is 2.52. The third kappa shape index (κ3) is 1.73. The molecule has 1 aromatic carbocycles. The molecule has 0 bridgehead atoms. The Morgan fingerprint density at radius 1 is 1.24 bits per heavy atom. The van der Waals surface area contributed by atoms with Crippen molar-refractivity contribution in [1.29, 1.82) is 5.26 Å². The Morgan fingerprint density at radius 3 is 2.24 bits per heavy atom. The second-order valence-corrected chi connectivity index (χ2v) is 4.21. The molecule has 0 atom stereocenters. The van der Waals surface area contributed by atoms with Gasteiger partial charge in [-0.25, -0.2) is 0 Å². The summed E-state index contributed by atoms with van der Waals surface area (Å²) >= 11 is 0. The monoisotopic (exact) mass is 233 g/mol. The highest BCUT2D eigenvalue weighted by molar-refractivity contribution is 5.52. The number of aryl methyl sites for hydroxylation is 1. The van der Waals surface area contributed by atoms with Crippen molar-refractivity contribution in [2.24, 2.45) is 0 Å². The van der Waals surface area contributed by atoms with Gasteiger partial charge in [-0.1, -0.05) is 0 Å². The van der Waals surface area contributed by atoms with E-state index in [4.69, 9.17) is 14.2 Å². The highest BCUT2D eigenvalue weighted by Crippen LogP contribution is 2.39. The van der Waals surface area contributed by atoms with E-state index in [9.17, 15) is 5.26 Å². The van der Waals surface area contributed by atoms with Crippen LogP contribution in [0.1, 0.15) is 11.1 Å². The molecule has 1 fully saturated rings. The molecular weight excluding hydrogens is 218 g/mol. The molecule has 1 heterocycles. The summed E-state index contributed by atoms with van der Waals surface area (Å²) in [6.07, 6.45) is 0. The van der Waals surface area contributed by atoms with Crippen LogP contribution in [-0.2, 0) is 10.2 Å². The molecule has 0 saturated carbocycles. The number of methoxy groups -OCH3 is 2. The second-order valence-electron chi connectivity index (χ2n) is 4.21. The van der Waals surface area contributed by atoms with Crippen molar-refractivity contribution < 1.29 is 14.2 Å². The number of ether oxygens (including phenoxy) is 3. The second kappa shape index (κ2) is 4.27. The predicted octanol–water partition coefficient (Wildman–Crippen LogP) is 1.80. The number of hydrogen-bond donors (Lipinski definition) is 0. The van der Waals surface area contributed by atoms with E-state index in [1.807, 2.05) is 19.1 Å². The van der Waals surface area contributed by atoms with Crippen LogP contribution in [0.3, 0.4) is 0 Å². The lowest BCUT2D eigenvalue weighted by atomic mass is 9.78. The van der Waals surface area contributed by atoms with E-state index in [1.165, 1.54) is 0 Å². The Labute approximate surface area is 101 Å². The molecule has 0 aromatic heterocycles. The van der Waals surface area contributed by atoms with E-state index in [0.717, 1.165) is 11.1 Å². The van der Waals surface area contributed by atoms with E-state index >= 15 is 0 Å². The van der Waals surface area contributed by atoms with E-state index in [2.05, 4.69) is 6.07 Å². The van der Waals surface area contributed by atoms with E-state index in [1.54, 1.807) is 14.2 Å². The van der Waals surface area contributed by atoms with Crippen LogP contribution >= 0.6 is 0 Å². The van der Waals surface area contributed by atoms with Gasteiger partial charge in [-0.15, -0.1) is 0 Å². The molecule has 0 unspecified atom stereocenters. The molecule has 2 rings (SSSR count). The van der Waals surface area contributed by atoms with E-state index in [0.29, 0.717) is 24.7 Å². The largest absolute Gasteiger partial charge is 0.493 e. The van der Waals surface area contributed by atoms with Gasteiger partial charge in [0.15, 0.2) is 11.5 Å². The number of hydrogen-bond acceptors (Lipinski definition) is 4. The Morgan fingerprint density at radius 2 is 1.82 bits per heavy atom. The van der Waals surface area contributed by atoms with Gasteiger partial charge in [0.05, 0.1) is 33.5 Å². The first-order valence-electron chi connectivity index (χ1n) is 5.39. The minimum atomic E-state index is -0.524. The van der Waals surface area contributed by atoms with Gasteiger partial charge < -0.3 is 14.2 Å². The molecule has 0 spiro atoms.